The normalized spacial score (nSPS) is 10.4. The third-order valence-electron chi connectivity index (χ3n) is 2.81. The molecule has 2 aromatic rings. The zero-order chi connectivity index (χ0) is 14.0. The van der Waals surface area contributed by atoms with E-state index in [1.165, 1.54) is 27.6 Å². The van der Waals surface area contributed by atoms with Crippen LogP contribution in [0.2, 0.25) is 0 Å². The van der Waals surface area contributed by atoms with Crippen molar-refractivity contribution >= 4 is 28.8 Å². The number of aryl methyl sites for hydroxylation is 2. The van der Waals surface area contributed by atoms with Gasteiger partial charge in [0.25, 0.3) is 0 Å². The van der Waals surface area contributed by atoms with Crippen LogP contribution in [-0.4, -0.2) is 16.1 Å². The Bertz CT molecular complexity index is 603. The molecule has 0 aliphatic rings. The SMILES string of the molecule is Cc1cc(CNc2ncc(C(=O)O)cc2N)sc1C. The summed E-state index contributed by atoms with van der Waals surface area (Å²) in [6.45, 7) is 4.78. The molecule has 0 bridgehead atoms. The first-order valence-corrected chi connectivity index (χ1v) is 6.57. The molecule has 0 saturated heterocycles. The number of nitrogens with zero attached hydrogens (tertiary/aromatic N) is 1. The largest absolute Gasteiger partial charge is 0.478 e. The molecule has 5 nitrogen and oxygen atoms in total. The molecular weight excluding hydrogens is 262 g/mol. The molecule has 6 heteroatoms. The Morgan fingerprint density at radius 3 is 2.74 bits per heavy atom. The van der Waals surface area contributed by atoms with Crippen LogP contribution in [0.25, 0.3) is 0 Å². The molecule has 2 aromatic heterocycles. The third kappa shape index (κ3) is 3.03. The van der Waals surface area contributed by atoms with Crippen LogP contribution < -0.4 is 11.1 Å². The lowest BCUT2D eigenvalue weighted by molar-refractivity contribution is 0.0696. The quantitative estimate of drug-likeness (QED) is 0.799. The highest BCUT2D eigenvalue weighted by atomic mass is 32.1. The van der Waals surface area contributed by atoms with Crippen molar-refractivity contribution in [3.8, 4) is 0 Å². The van der Waals surface area contributed by atoms with Gasteiger partial charge in [-0.3, -0.25) is 0 Å². The number of pyridine rings is 1. The minimum Gasteiger partial charge on any atom is -0.478 e. The molecule has 0 spiro atoms. The molecule has 0 saturated carbocycles. The molecule has 0 atom stereocenters. The van der Waals surface area contributed by atoms with E-state index in [-0.39, 0.29) is 5.56 Å². The van der Waals surface area contributed by atoms with Crippen molar-refractivity contribution in [3.05, 3.63) is 39.2 Å². The summed E-state index contributed by atoms with van der Waals surface area (Å²) < 4.78 is 0. The predicted octanol–water partition coefficient (Wildman–Crippen LogP) is 2.65. The smallest absolute Gasteiger partial charge is 0.337 e. The lowest BCUT2D eigenvalue weighted by atomic mass is 10.2. The summed E-state index contributed by atoms with van der Waals surface area (Å²) in [5, 5.41) is 11.9. The number of nitrogen functional groups attached to an aromatic ring is 1. The number of carboxylic acid groups (broad SMARTS) is 1. The standard InChI is InChI=1S/C13H15N3O2S/c1-7-3-10(19-8(7)2)6-16-12-11(14)4-9(5-15-12)13(17)18/h3-5H,6,14H2,1-2H3,(H,15,16)(H,17,18). The predicted molar refractivity (Wildman–Crippen MR) is 76.7 cm³/mol. The van der Waals surface area contributed by atoms with E-state index in [1.807, 2.05) is 0 Å². The Kier molecular flexibility index (Phi) is 3.71. The molecule has 19 heavy (non-hydrogen) atoms. The second-order valence-electron chi connectivity index (χ2n) is 4.27. The fourth-order valence-corrected chi connectivity index (χ4v) is 2.65. The van der Waals surface area contributed by atoms with Crippen LogP contribution in [-0.2, 0) is 6.54 Å². The molecule has 0 fully saturated rings. The zero-order valence-electron chi connectivity index (χ0n) is 10.7. The first-order valence-electron chi connectivity index (χ1n) is 5.76. The number of carboxylic acids is 1. The van der Waals surface area contributed by atoms with Gasteiger partial charge in [-0.1, -0.05) is 0 Å². The van der Waals surface area contributed by atoms with E-state index in [0.717, 1.165) is 0 Å². The first kappa shape index (κ1) is 13.4. The van der Waals surface area contributed by atoms with E-state index < -0.39 is 5.97 Å². The molecule has 0 aromatic carbocycles. The second kappa shape index (κ2) is 5.27. The number of anilines is 2. The van der Waals surface area contributed by atoms with Crippen LogP contribution in [0.1, 0.15) is 25.7 Å². The van der Waals surface area contributed by atoms with E-state index >= 15 is 0 Å². The maximum atomic E-state index is 10.8. The fraction of sp³-hybridized carbons (Fsp3) is 0.231. The van der Waals surface area contributed by atoms with E-state index in [0.29, 0.717) is 18.1 Å². The number of aromatic carboxylic acids is 1. The first-order chi connectivity index (χ1) is 8.97. The molecule has 0 aliphatic carbocycles. The molecule has 0 radical (unpaired) electrons. The van der Waals surface area contributed by atoms with Gasteiger partial charge in [0.15, 0.2) is 0 Å². The molecule has 4 N–H and O–H groups in total. The van der Waals surface area contributed by atoms with Crippen LogP contribution in [0.4, 0.5) is 11.5 Å². The van der Waals surface area contributed by atoms with Crippen LogP contribution in [0.15, 0.2) is 18.3 Å². The summed E-state index contributed by atoms with van der Waals surface area (Å²) in [4.78, 5) is 17.3. The van der Waals surface area contributed by atoms with E-state index in [9.17, 15) is 4.79 Å². The number of carbonyl (C=O) groups is 1. The lowest BCUT2D eigenvalue weighted by Crippen LogP contribution is -2.06. The highest BCUT2D eigenvalue weighted by Crippen LogP contribution is 2.23. The lowest BCUT2D eigenvalue weighted by Gasteiger charge is -2.07. The number of thiophene rings is 1. The van der Waals surface area contributed by atoms with E-state index in [4.69, 9.17) is 10.8 Å². The van der Waals surface area contributed by atoms with Crippen LogP contribution in [0.3, 0.4) is 0 Å². The number of nitrogens with one attached hydrogen (secondary N) is 1. The topological polar surface area (TPSA) is 88.2 Å². The average Bonchev–Trinajstić information content (AvgIpc) is 2.67. The van der Waals surface area contributed by atoms with Gasteiger partial charge >= 0.3 is 5.97 Å². The summed E-state index contributed by atoms with van der Waals surface area (Å²) in [6.07, 6.45) is 1.30. The summed E-state index contributed by atoms with van der Waals surface area (Å²) in [6, 6.07) is 3.53. The van der Waals surface area contributed by atoms with Crippen molar-refractivity contribution in [2.75, 3.05) is 11.1 Å². The van der Waals surface area contributed by atoms with Crippen molar-refractivity contribution in [1.82, 2.24) is 4.98 Å². The Labute approximate surface area is 115 Å². The maximum absolute atomic E-state index is 10.8. The Morgan fingerprint density at radius 2 is 2.21 bits per heavy atom. The molecule has 0 amide bonds. The van der Waals surface area contributed by atoms with Crippen molar-refractivity contribution in [2.24, 2.45) is 0 Å². The second-order valence-corrected chi connectivity index (χ2v) is 5.61. The fourth-order valence-electron chi connectivity index (χ4n) is 1.65. The number of aromatic nitrogens is 1. The van der Waals surface area contributed by atoms with Crippen molar-refractivity contribution in [3.63, 3.8) is 0 Å². The Morgan fingerprint density at radius 1 is 1.47 bits per heavy atom. The van der Waals surface area contributed by atoms with Gasteiger partial charge in [-0.15, -0.1) is 11.3 Å². The van der Waals surface area contributed by atoms with Gasteiger partial charge in [-0.05, 0) is 31.5 Å². The van der Waals surface area contributed by atoms with Crippen LogP contribution in [0, 0.1) is 13.8 Å². The number of nitrogens with two attached hydrogens (primary N) is 1. The number of rotatable bonds is 4. The minimum absolute atomic E-state index is 0.0888. The Hall–Kier alpha value is -2.08. The molecule has 0 unspecified atom stereocenters. The third-order valence-corrected chi connectivity index (χ3v) is 3.96. The highest BCUT2D eigenvalue weighted by Gasteiger charge is 2.08. The monoisotopic (exact) mass is 277 g/mol. The average molecular weight is 277 g/mol. The zero-order valence-corrected chi connectivity index (χ0v) is 11.5. The minimum atomic E-state index is -1.03. The summed E-state index contributed by atoms with van der Waals surface area (Å²) in [5.74, 6) is -0.524. The highest BCUT2D eigenvalue weighted by molar-refractivity contribution is 7.12. The number of hydrogen-bond donors (Lipinski definition) is 3. The van der Waals surface area contributed by atoms with Gasteiger partial charge in [-0.25, -0.2) is 9.78 Å². The van der Waals surface area contributed by atoms with Gasteiger partial charge in [0.1, 0.15) is 5.82 Å². The van der Waals surface area contributed by atoms with Crippen molar-refractivity contribution in [1.29, 1.82) is 0 Å². The summed E-state index contributed by atoms with van der Waals surface area (Å²) >= 11 is 1.72. The molecular formula is C13H15N3O2S. The Balaban J connectivity index is 2.09. The molecule has 100 valence electrons. The van der Waals surface area contributed by atoms with E-state index in [1.54, 1.807) is 11.3 Å². The molecule has 0 aliphatic heterocycles. The van der Waals surface area contributed by atoms with Crippen LogP contribution in [0.5, 0.6) is 0 Å². The van der Waals surface area contributed by atoms with E-state index in [2.05, 4.69) is 30.2 Å². The summed E-state index contributed by atoms with van der Waals surface area (Å²) in [7, 11) is 0. The van der Waals surface area contributed by atoms with Crippen molar-refractivity contribution < 1.29 is 9.90 Å². The van der Waals surface area contributed by atoms with Crippen LogP contribution >= 0.6 is 11.3 Å². The van der Waals surface area contributed by atoms with Crippen molar-refractivity contribution in [2.45, 2.75) is 20.4 Å². The molecule has 2 heterocycles. The van der Waals surface area contributed by atoms with Gasteiger partial charge in [-0.2, -0.15) is 0 Å². The van der Waals surface area contributed by atoms with Gasteiger partial charge in [0.2, 0.25) is 0 Å². The number of hydrogen-bond acceptors (Lipinski definition) is 5. The maximum Gasteiger partial charge on any atom is 0.337 e. The van der Waals surface area contributed by atoms with Gasteiger partial charge < -0.3 is 16.2 Å². The summed E-state index contributed by atoms with van der Waals surface area (Å²) in [5.41, 5.74) is 7.47. The molecule has 2 rings (SSSR count). The van der Waals surface area contributed by atoms with Gasteiger partial charge in [0.05, 0.1) is 17.8 Å². The van der Waals surface area contributed by atoms with Gasteiger partial charge in [0, 0.05) is 16.0 Å².